The predicted octanol–water partition coefficient (Wildman–Crippen LogP) is 2.87. The van der Waals surface area contributed by atoms with Crippen LogP contribution >= 0.6 is 0 Å². The van der Waals surface area contributed by atoms with Gasteiger partial charge in [0.2, 0.25) is 11.8 Å². The molecule has 35 heavy (non-hydrogen) atoms. The number of primary amides is 1. The standard InChI is InChI=1S/C28H33FN4O2/c1-2-24-18-32(13-14-33(24)28(35)25(30)16-19-8-11-23(29)12-9-19)26(27(31)34)17-20-7-10-21-5-3-4-6-22(21)15-20/h3-12,15,24-26H,2,13-14,16-18,30H2,1H3,(H2,31,34). The maximum atomic E-state index is 13.2. The lowest BCUT2D eigenvalue weighted by Crippen LogP contribution is -2.62. The molecular formula is C28H33FN4O2. The lowest BCUT2D eigenvalue weighted by molar-refractivity contribution is -0.139. The second-order valence-electron chi connectivity index (χ2n) is 9.33. The Morgan fingerprint density at radius 2 is 1.66 bits per heavy atom. The molecule has 6 nitrogen and oxygen atoms in total. The highest BCUT2D eigenvalue weighted by Crippen LogP contribution is 2.21. The number of carbonyl (C=O) groups is 2. The average Bonchev–Trinajstić information content (AvgIpc) is 2.87. The lowest BCUT2D eigenvalue weighted by atomic mass is 9.98. The smallest absolute Gasteiger partial charge is 0.240 e. The Morgan fingerprint density at radius 1 is 0.971 bits per heavy atom. The van der Waals surface area contributed by atoms with E-state index in [0.717, 1.165) is 28.3 Å². The van der Waals surface area contributed by atoms with Crippen LogP contribution in [0, 0.1) is 5.82 Å². The Labute approximate surface area is 205 Å². The van der Waals surface area contributed by atoms with E-state index in [1.54, 1.807) is 12.1 Å². The zero-order chi connectivity index (χ0) is 24.9. The maximum Gasteiger partial charge on any atom is 0.240 e. The van der Waals surface area contributed by atoms with Crippen LogP contribution in [0.3, 0.4) is 0 Å². The van der Waals surface area contributed by atoms with Gasteiger partial charge in [-0.1, -0.05) is 61.5 Å². The van der Waals surface area contributed by atoms with Crippen LogP contribution in [0.2, 0.25) is 0 Å². The number of nitrogens with two attached hydrogens (primary N) is 2. The van der Waals surface area contributed by atoms with E-state index in [9.17, 15) is 14.0 Å². The first-order valence-corrected chi connectivity index (χ1v) is 12.2. The summed E-state index contributed by atoms with van der Waals surface area (Å²) < 4.78 is 13.2. The molecule has 7 heteroatoms. The summed E-state index contributed by atoms with van der Waals surface area (Å²) in [4.78, 5) is 29.6. The van der Waals surface area contributed by atoms with Crippen molar-refractivity contribution < 1.29 is 14.0 Å². The topological polar surface area (TPSA) is 92.7 Å². The van der Waals surface area contributed by atoms with Crippen molar-refractivity contribution in [3.63, 3.8) is 0 Å². The summed E-state index contributed by atoms with van der Waals surface area (Å²) >= 11 is 0. The predicted molar refractivity (Wildman–Crippen MR) is 136 cm³/mol. The van der Waals surface area contributed by atoms with Gasteiger partial charge in [-0.2, -0.15) is 0 Å². The quantitative estimate of drug-likeness (QED) is 0.523. The SMILES string of the molecule is CCC1CN(C(Cc2ccc3ccccc3c2)C(N)=O)CCN1C(=O)C(N)Cc1ccc(F)cc1. The molecule has 3 unspecified atom stereocenters. The van der Waals surface area contributed by atoms with Gasteiger partial charge in [-0.25, -0.2) is 4.39 Å². The summed E-state index contributed by atoms with van der Waals surface area (Å²) in [6.45, 7) is 3.62. The lowest BCUT2D eigenvalue weighted by Gasteiger charge is -2.44. The van der Waals surface area contributed by atoms with E-state index < -0.39 is 12.1 Å². The molecule has 0 aromatic heterocycles. The first kappa shape index (κ1) is 24.8. The Hall–Kier alpha value is -3.29. The zero-order valence-electron chi connectivity index (χ0n) is 20.1. The molecule has 4 N–H and O–H groups in total. The molecule has 0 aliphatic carbocycles. The molecule has 1 aliphatic rings. The Balaban J connectivity index is 1.43. The molecule has 0 bridgehead atoms. The van der Waals surface area contributed by atoms with Crippen molar-refractivity contribution in [1.29, 1.82) is 0 Å². The van der Waals surface area contributed by atoms with Crippen molar-refractivity contribution in [3.8, 4) is 0 Å². The number of benzene rings is 3. The number of carbonyl (C=O) groups excluding carboxylic acids is 2. The summed E-state index contributed by atoms with van der Waals surface area (Å²) in [5.41, 5.74) is 14.0. The first-order chi connectivity index (χ1) is 16.9. The fourth-order valence-corrected chi connectivity index (χ4v) is 4.98. The van der Waals surface area contributed by atoms with E-state index in [1.807, 2.05) is 30.0 Å². The summed E-state index contributed by atoms with van der Waals surface area (Å²) in [7, 11) is 0. The molecule has 184 valence electrons. The molecule has 1 fully saturated rings. The van der Waals surface area contributed by atoms with Gasteiger partial charge >= 0.3 is 0 Å². The minimum atomic E-state index is -0.703. The van der Waals surface area contributed by atoms with Gasteiger partial charge in [-0.15, -0.1) is 0 Å². The molecule has 1 saturated heterocycles. The normalized spacial score (nSPS) is 18.4. The Bertz CT molecular complexity index is 1180. The van der Waals surface area contributed by atoms with Crippen molar-refractivity contribution >= 4 is 22.6 Å². The highest BCUT2D eigenvalue weighted by Gasteiger charge is 2.36. The molecule has 2 amide bonds. The minimum absolute atomic E-state index is 0.0611. The molecular weight excluding hydrogens is 443 g/mol. The summed E-state index contributed by atoms with van der Waals surface area (Å²) in [6.07, 6.45) is 1.61. The van der Waals surface area contributed by atoms with Crippen molar-refractivity contribution in [3.05, 3.63) is 83.7 Å². The summed E-state index contributed by atoms with van der Waals surface area (Å²) in [5, 5.41) is 2.28. The van der Waals surface area contributed by atoms with Crippen LogP contribution in [0.4, 0.5) is 4.39 Å². The molecule has 4 rings (SSSR count). The highest BCUT2D eigenvalue weighted by atomic mass is 19.1. The number of nitrogens with zero attached hydrogens (tertiary/aromatic N) is 2. The largest absolute Gasteiger partial charge is 0.368 e. The number of amides is 2. The molecule has 1 aliphatic heterocycles. The van der Waals surface area contributed by atoms with Crippen molar-refractivity contribution in [2.24, 2.45) is 11.5 Å². The zero-order valence-corrected chi connectivity index (χ0v) is 20.1. The number of hydrogen-bond donors (Lipinski definition) is 2. The van der Waals surface area contributed by atoms with E-state index in [1.165, 1.54) is 12.1 Å². The summed E-state index contributed by atoms with van der Waals surface area (Å²) in [6, 6.07) is 19.2. The van der Waals surface area contributed by atoms with Gasteiger partial charge in [0.25, 0.3) is 0 Å². The second kappa shape index (κ2) is 11.0. The molecule has 3 atom stereocenters. The van der Waals surface area contributed by atoms with Crippen LogP contribution in [0.1, 0.15) is 24.5 Å². The van der Waals surface area contributed by atoms with Crippen molar-refractivity contribution in [1.82, 2.24) is 9.80 Å². The Kier molecular flexibility index (Phi) is 7.78. The van der Waals surface area contributed by atoms with Gasteiger partial charge in [-0.05, 0) is 53.3 Å². The number of piperazine rings is 1. The van der Waals surface area contributed by atoms with Crippen LogP contribution < -0.4 is 11.5 Å². The van der Waals surface area contributed by atoms with E-state index >= 15 is 0 Å². The van der Waals surface area contributed by atoms with E-state index in [-0.39, 0.29) is 23.7 Å². The monoisotopic (exact) mass is 476 g/mol. The molecule has 0 saturated carbocycles. The van der Waals surface area contributed by atoms with Crippen LogP contribution in [0.5, 0.6) is 0 Å². The van der Waals surface area contributed by atoms with Gasteiger partial charge in [0, 0.05) is 25.7 Å². The van der Waals surface area contributed by atoms with Crippen LogP contribution in [0.15, 0.2) is 66.7 Å². The first-order valence-electron chi connectivity index (χ1n) is 12.2. The fraction of sp³-hybridized carbons (Fsp3) is 0.357. The van der Waals surface area contributed by atoms with Crippen molar-refractivity contribution in [2.75, 3.05) is 19.6 Å². The fourth-order valence-electron chi connectivity index (χ4n) is 4.98. The van der Waals surface area contributed by atoms with Crippen LogP contribution in [-0.4, -0.2) is 59.4 Å². The number of halogens is 1. The molecule has 3 aromatic rings. The second-order valence-corrected chi connectivity index (χ2v) is 9.33. The van der Waals surface area contributed by atoms with Gasteiger partial charge < -0.3 is 16.4 Å². The molecule has 1 heterocycles. The number of hydrogen-bond acceptors (Lipinski definition) is 4. The van der Waals surface area contributed by atoms with Gasteiger partial charge in [0.15, 0.2) is 0 Å². The van der Waals surface area contributed by atoms with Gasteiger partial charge in [0.1, 0.15) is 5.82 Å². The maximum absolute atomic E-state index is 13.2. The Morgan fingerprint density at radius 3 is 2.34 bits per heavy atom. The number of rotatable bonds is 8. The molecule has 0 radical (unpaired) electrons. The molecule has 0 spiro atoms. The van der Waals surface area contributed by atoms with E-state index in [0.29, 0.717) is 32.5 Å². The van der Waals surface area contributed by atoms with Gasteiger partial charge in [0.05, 0.1) is 12.1 Å². The number of fused-ring (bicyclic) bond motifs is 1. The third-order valence-corrected chi connectivity index (χ3v) is 6.97. The highest BCUT2D eigenvalue weighted by molar-refractivity contribution is 5.84. The van der Waals surface area contributed by atoms with E-state index in [4.69, 9.17) is 11.5 Å². The van der Waals surface area contributed by atoms with Crippen LogP contribution in [-0.2, 0) is 22.4 Å². The molecule has 3 aromatic carbocycles. The average molecular weight is 477 g/mol. The van der Waals surface area contributed by atoms with Gasteiger partial charge in [-0.3, -0.25) is 14.5 Å². The van der Waals surface area contributed by atoms with Crippen molar-refractivity contribution in [2.45, 2.75) is 44.3 Å². The van der Waals surface area contributed by atoms with Crippen LogP contribution in [0.25, 0.3) is 10.8 Å². The summed E-state index contributed by atoms with van der Waals surface area (Å²) in [5.74, 6) is -0.796. The third kappa shape index (κ3) is 5.86. The minimum Gasteiger partial charge on any atom is -0.368 e. The third-order valence-electron chi connectivity index (χ3n) is 6.97. The van der Waals surface area contributed by atoms with E-state index in [2.05, 4.69) is 29.2 Å².